The van der Waals surface area contributed by atoms with Gasteiger partial charge in [0.05, 0.1) is 0 Å². The van der Waals surface area contributed by atoms with Crippen molar-refractivity contribution in [2.45, 2.75) is 13.1 Å². The van der Waals surface area contributed by atoms with E-state index in [4.69, 9.17) is 5.73 Å². The molecule has 0 atom stereocenters. The summed E-state index contributed by atoms with van der Waals surface area (Å²) in [5.41, 5.74) is 8.76. The van der Waals surface area contributed by atoms with Gasteiger partial charge in [-0.2, -0.15) is 0 Å². The average Bonchev–Trinajstić information content (AvgIpc) is 2.34. The van der Waals surface area contributed by atoms with Crippen LogP contribution in [0.3, 0.4) is 0 Å². The third-order valence-corrected chi connectivity index (χ3v) is 2.61. The molecule has 0 aliphatic rings. The van der Waals surface area contributed by atoms with Crippen LogP contribution in [0.1, 0.15) is 11.1 Å². The lowest BCUT2D eigenvalue weighted by Gasteiger charge is -2.07. The van der Waals surface area contributed by atoms with Crippen molar-refractivity contribution in [3.63, 3.8) is 0 Å². The molecule has 3 N–H and O–H groups in total. The summed E-state index contributed by atoms with van der Waals surface area (Å²) in [6.45, 7) is 1.42. The molecule has 0 heterocycles. The second-order valence-corrected chi connectivity index (χ2v) is 3.93. The molecule has 0 bridgehead atoms. The Balaban J connectivity index is 1.88. The first-order chi connectivity index (χ1) is 8.25. The number of rotatable bonds is 4. The van der Waals surface area contributed by atoms with Crippen molar-refractivity contribution in [1.29, 1.82) is 0 Å². The summed E-state index contributed by atoms with van der Waals surface area (Å²) in [5, 5.41) is 3.28. The van der Waals surface area contributed by atoms with Crippen molar-refractivity contribution in [2.75, 3.05) is 5.73 Å². The summed E-state index contributed by atoms with van der Waals surface area (Å²) in [6.07, 6.45) is 0. The quantitative estimate of drug-likeness (QED) is 0.792. The number of hydrogen-bond donors (Lipinski definition) is 2. The number of halogens is 1. The van der Waals surface area contributed by atoms with Gasteiger partial charge in [0, 0.05) is 18.8 Å². The fourth-order valence-corrected chi connectivity index (χ4v) is 1.64. The predicted molar refractivity (Wildman–Crippen MR) is 67.8 cm³/mol. The second-order valence-electron chi connectivity index (χ2n) is 3.93. The Morgan fingerprint density at radius 1 is 0.941 bits per heavy atom. The predicted octanol–water partition coefficient (Wildman–Crippen LogP) is 2.70. The largest absolute Gasteiger partial charge is 0.398 e. The third-order valence-electron chi connectivity index (χ3n) is 2.61. The molecule has 2 aromatic rings. The van der Waals surface area contributed by atoms with Gasteiger partial charge in [0.25, 0.3) is 0 Å². The molecule has 0 amide bonds. The summed E-state index contributed by atoms with van der Waals surface area (Å²) < 4.78 is 12.7. The van der Waals surface area contributed by atoms with Gasteiger partial charge in [-0.15, -0.1) is 0 Å². The Morgan fingerprint density at radius 3 is 2.35 bits per heavy atom. The van der Waals surface area contributed by atoms with E-state index < -0.39 is 0 Å². The number of nitrogen functional groups attached to an aromatic ring is 1. The second kappa shape index (κ2) is 5.46. The van der Waals surface area contributed by atoms with Crippen molar-refractivity contribution >= 4 is 5.69 Å². The van der Waals surface area contributed by atoms with E-state index in [0.29, 0.717) is 13.1 Å². The molecular weight excluding hydrogens is 215 g/mol. The molecule has 0 fully saturated rings. The van der Waals surface area contributed by atoms with E-state index in [2.05, 4.69) is 5.32 Å². The van der Waals surface area contributed by atoms with Crippen molar-refractivity contribution in [2.24, 2.45) is 0 Å². The molecule has 0 unspecified atom stereocenters. The van der Waals surface area contributed by atoms with Gasteiger partial charge in [-0.1, -0.05) is 30.3 Å². The number of nitrogens with two attached hydrogens (primary N) is 1. The molecule has 0 aliphatic carbocycles. The molecule has 0 spiro atoms. The molecule has 2 rings (SSSR count). The zero-order valence-electron chi connectivity index (χ0n) is 9.49. The number of anilines is 1. The maximum atomic E-state index is 12.7. The van der Waals surface area contributed by atoms with Crippen molar-refractivity contribution in [3.8, 4) is 0 Å². The van der Waals surface area contributed by atoms with Crippen molar-refractivity contribution in [3.05, 3.63) is 65.5 Å². The summed E-state index contributed by atoms with van der Waals surface area (Å²) in [6, 6.07) is 14.2. The molecule has 0 saturated carbocycles. The van der Waals surface area contributed by atoms with Crippen LogP contribution in [-0.2, 0) is 13.1 Å². The van der Waals surface area contributed by atoms with E-state index in [1.807, 2.05) is 24.3 Å². The molecule has 88 valence electrons. The van der Waals surface area contributed by atoms with Crippen LogP contribution in [0, 0.1) is 5.82 Å². The van der Waals surface area contributed by atoms with E-state index in [9.17, 15) is 4.39 Å². The van der Waals surface area contributed by atoms with Crippen molar-refractivity contribution in [1.82, 2.24) is 5.32 Å². The first kappa shape index (κ1) is 11.6. The lowest BCUT2D eigenvalue weighted by Crippen LogP contribution is -2.13. The zero-order valence-corrected chi connectivity index (χ0v) is 9.49. The molecule has 0 radical (unpaired) electrons. The minimum absolute atomic E-state index is 0.207. The van der Waals surface area contributed by atoms with E-state index >= 15 is 0 Å². The topological polar surface area (TPSA) is 38.0 Å². The van der Waals surface area contributed by atoms with Gasteiger partial charge >= 0.3 is 0 Å². The van der Waals surface area contributed by atoms with Crippen LogP contribution in [0.15, 0.2) is 48.5 Å². The van der Waals surface area contributed by atoms with Crippen LogP contribution in [-0.4, -0.2) is 0 Å². The molecule has 17 heavy (non-hydrogen) atoms. The highest BCUT2D eigenvalue weighted by molar-refractivity contribution is 5.46. The Hall–Kier alpha value is -1.87. The van der Waals surface area contributed by atoms with Gasteiger partial charge < -0.3 is 11.1 Å². The summed E-state index contributed by atoms with van der Waals surface area (Å²) in [5.74, 6) is -0.207. The van der Waals surface area contributed by atoms with Gasteiger partial charge in [-0.3, -0.25) is 0 Å². The Bertz CT molecular complexity index is 480. The summed E-state index contributed by atoms with van der Waals surface area (Å²) >= 11 is 0. The van der Waals surface area contributed by atoms with Crippen LogP contribution >= 0.6 is 0 Å². The fraction of sp³-hybridized carbons (Fsp3) is 0.143. The van der Waals surface area contributed by atoms with Gasteiger partial charge in [-0.05, 0) is 29.3 Å². The maximum absolute atomic E-state index is 12.7. The average molecular weight is 230 g/mol. The molecule has 0 aromatic heterocycles. The van der Waals surface area contributed by atoms with Gasteiger partial charge in [0.1, 0.15) is 5.82 Å². The SMILES string of the molecule is Nc1ccccc1CNCc1ccc(F)cc1. The zero-order chi connectivity index (χ0) is 12.1. The minimum atomic E-state index is -0.207. The summed E-state index contributed by atoms with van der Waals surface area (Å²) in [4.78, 5) is 0. The maximum Gasteiger partial charge on any atom is 0.123 e. The lowest BCUT2D eigenvalue weighted by molar-refractivity contribution is 0.625. The highest BCUT2D eigenvalue weighted by Gasteiger charge is 1.97. The highest BCUT2D eigenvalue weighted by atomic mass is 19.1. The normalized spacial score (nSPS) is 10.4. The Kier molecular flexibility index (Phi) is 3.73. The Labute approximate surface area is 100 Å². The molecule has 0 aliphatic heterocycles. The molecular formula is C14H15FN2. The molecule has 3 heteroatoms. The standard InChI is InChI=1S/C14H15FN2/c15-13-7-5-11(6-8-13)9-17-10-12-3-1-2-4-14(12)16/h1-8,17H,9-10,16H2. The third kappa shape index (κ3) is 3.29. The van der Waals surface area contributed by atoms with Crippen LogP contribution < -0.4 is 11.1 Å². The smallest absolute Gasteiger partial charge is 0.123 e. The molecule has 2 nitrogen and oxygen atoms in total. The van der Waals surface area contributed by atoms with Crippen molar-refractivity contribution < 1.29 is 4.39 Å². The van der Waals surface area contributed by atoms with Crippen LogP contribution in [0.4, 0.5) is 10.1 Å². The first-order valence-corrected chi connectivity index (χ1v) is 5.54. The van der Waals surface area contributed by atoms with E-state index in [1.54, 1.807) is 12.1 Å². The number of benzene rings is 2. The van der Waals surface area contributed by atoms with Gasteiger partial charge in [-0.25, -0.2) is 4.39 Å². The number of hydrogen-bond acceptors (Lipinski definition) is 2. The lowest BCUT2D eigenvalue weighted by atomic mass is 10.1. The van der Waals surface area contributed by atoms with Crippen LogP contribution in [0.2, 0.25) is 0 Å². The van der Waals surface area contributed by atoms with Crippen LogP contribution in [0.25, 0.3) is 0 Å². The number of para-hydroxylation sites is 1. The molecule has 0 saturated heterocycles. The minimum Gasteiger partial charge on any atom is -0.398 e. The van der Waals surface area contributed by atoms with E-state index in [-0.39, 0.29) is 5.82 Å². The van der Waals surface area contributed by atoms with Gasteiger partial charge in [0.15, 0.2) is 0 Å². The molecule has 2 aromatic carbocycles. The number of nitrogens with one attached hydrogen (secondary N) is 1. The Morgan fingerprint density at radius 2 is 1.65 bits per heavy atom. The highest BCUT2D eigenvalue weighted by Crippen LogP contribution is 2.10. The first-order valence-electron chi connectivity index (χ1n) is 5.54. The van der Waals surface area contributed by atoms with E-state index in [1.165, 1.54) is 12.1 Å². The monoisotopic (exact) mass is 230 g/mol. The fourth-order valence-electron chi connectivity index (χ4n) is 1.64. The summed E-state index contributed by atoms with van der Waals surface area (Å²) in [7, 11) is 0. The van der Waals surface area contributed by atoms with E-state index in [0.717, 1.165) is 16.8 Å². The van der Waals surface area contributed by atoms with Crippen LogP contribution in [0.5, 0.6) is 0 Å². The van der Waals surface area contributed by atoms with Gasteiger partial charge in [0.2, 0.25) is 0 Å².